The summed E-state index contributed by atoms with van der Waals surface area (Å²) in [6.07, 6.45) is 0.485. The van der Waals surface area contributed by atoms with Gasteiger partial charge < -0.3 is 0 Å². The van der Waals surface area contributed by atoms with Gasteiger partial charge in [0, 0.05) is 11.3 Å². The molecular formula is C10H12OS. The second kappa shape index (κ2) is 3.76. The smallest absolute Gasteiger partial charge is 0.134 e. The lowest BCUT2D eigenvalue weighted by atomic mass is 10.1. The number of benzene rings is 1. The van der Waals surface area contributed by atoms with Gasteiger partial charge in [0.15, 0.2) is 0 Å². The first-order valence-electron chi connectivity index (χ1n) is 3.87. The van der Waals surface area contributed by atoms with Gasteiger partial charge >= 0.3 is 0 Å². The Morgan fingerprint density at radius 1 is 1.50 bits per heavy atom. The number of hydrogen-bond acceptors (Lipinski definition) is 2. The number of thiol groups is 1. The molecule has 0 saturated carbocycles. The van der Waals surface area contributed by atoms with Crippen molar-refractivity contribution in [2.45, 2.75) is 25.2 Å². The predicted octanol–water partition coefficient (Wildman–Crippen LogP) is 2.42. The molecule has 0 aliphatic rings. The van der Waals surface area contributed by atoms with Crippen LogP contribution >= 0.6 is 12.6 Å². The highest BCUT2D eigenvalue weighted by Crippen LogP contribution is 2.16. The second-order valence-corrected chi connectivity index (χ2v) is 3.49. The molecule has 2 heteroatoms. The van der Waals surface area contributed by atoms with Gasteiger partial charge in [-0.15, -0.1) is 12.6 Å². The van der Waals surface area contributed by atoms with E-state index in [4.69, 9.17) is 0 Å². The van der Waals surface area contributed by atoms with Gasteiger partial charge in [-0.05, 0) is 25.5 Å². The van der Waals surface area contributed by atoms with Crippen molar-refractivity contribution in [3.8, 4) is 0 Å². The number of ketones is 1. The SMILES string of the molecule is CC(=O)Cc1ccc(C)cc1S. The first kappa shape index (κ1) is 9.33. The largest absolute Gasteiger partial charge is 0.300 e. The first-order valence-corrected chi connectivity index (χ1v) is 4.32. The normalized spacial score (nSPS) is 9.92. The van der Waals surface area contributed by atoms with Crippen LogP contribution in [-0.4, -0.2) is 5.78 Å². The molecule has 1 aromatic rings. The molecule has 1 nitrogen and oxygen atoms in total. The number of Topliss-reactive ketones (excluding diaryl/α,β-unsaturated/α-hetero) is 1. The highest BCUT2D eigenvalue weighted by Gasteiger charge is 2.01. The van der Waals surface area contributed by atoms with E-state index < -0.39 is 0 Å². The summed E-state index contributed by atoms with van der Waals surface area (Å²) in [6.45, 7) is 3.60. The molecule has 0 bridgehead atoms. The van der Waals surface area contributed by atoms with E-state index in [9.17, 15) is 4.79 Å². The van der Waals surface area contributed by atoms with Crippen molar-refractivity contribution in [3.63, 3.8) is 0 Å². The third-order valence-electron chi connectivity index (χ3n) is 1.68. The third-order valence-corrected chi connectivity index (χ3v) is 2.10. The Morgan fingerprint density at radius 3 is 2.67 bits per heavy atom. The van der Waals surface area contributed by atoms with Gasteiger partial charge in [-0.1, -0.05) is 17.7 Å². The van der Waals surface area contributed by atoms with Crippen molar-refractivity contribution < 1.29 is 4.79 Å². The standard InChI is InChI=1S/C10H12OS/c1-7-3-4-9(6-8(2)11)10(12)5-7/h3-5,12H,6H2,1-2H3. The molecule has 12 heavy (non-hydrogen) atoms. The van der Waals surface area contributed by atoms with Crippen LogP contribution in [0.4, 0.5) is 0 Å². The van der Waals surface area contributed by atoms with Crippen LogP contribution in [0, 0.1) is 6.92 Å². The Bertz CT molecular complexity index is 305. The van der Waals surface area contributed by atoms with Gasteiger partial charge in [0.1, 0.15) is 5.78 Å². The molecule has 0 saturated heterocycles. The van der Waals surface area contributed by atoms with Crippen LogP contribution in [0.15, 0.2) is 23.1 Å². The fourth-order valence-electron chi connectivity index (χ4n) is 1.09. The minimum Gasteiger partial charge on any atom is -0.300 e. The van der Waals surface area contributed by atoms with Gasteiger partial charge in [0.2, 0.25) is 0 Å². The van der Waals surface area contributed by atoms with E-state index in [1.807, 2.05) is 25.1 Å². The number of hydrogen-bond donors (Lipinski definition) is 1. The summed E-state index contributed by atoms with van der Waals surface area (Å²) in [5.41, 5.74) is 2.18. The molecule has 0 radical (unpaired) electrons. The lowest BCUT2D eigenvalue weighted by molar-refractivity contribution is -0.116. The second-order valence-electron chi connectivity index (χ2n) is 3.01. The number of aryl methyl sites for hydroxylation is 1. The van der Waals surface area contributed by atoms with Crippen LogP contribution in [0.2, 0.25) is 0 Å². The zero-order chi connectivity index (χ0) is 9.14. The molecule has 0 aliphatic carbocycles. The average molecular weight is 180 g/mol. The monoisotopic (exact) mass is 180 g/mol. The zero-order valence-corrected chi connectivity index (χ0v) is 8.19. The lowest BCUT2D eigenvalue weighted by Gasteiger charge is -2.02. The highest BCUT2D eigenvalue weighted by atomic mass is 32.1. The Labute approximate surface area is 78.2 Å². The predicted molar refractivity (Wildman–Crippen MR) is 52.8 cm³/mol. The van der Waals surface area contributed by atoms with Crippen molar-refractivity contribution in [3.05, 3.63) is 29.3 Å². The Kier molecular flexibility index (Phi) is 2.93. The van der Waals surface area contributed by atoms with Gasteiger partial charge in [-0.25, -0.2) is 0 Å². The van der Waals surface area contributed by atoms with E-state index in [2.05, 4.69) is 12.6 Å². The number of rotatable bonds is 2. The van der Waals surface area contributed by atoms with Gasteiger partial charge in [0.05, 0.1) is 0 Å². The van der Waals surface area contributed by atoms with Crippen molar-refractivity contribution in [2.75, 3.05) is 0 Å². The van der Waals surface area contributed by atoms with Crippen LogP contribution in [-0.2, 0) is 11.2 Å². The van der Waals surface area contributed by atoms with Gasteiger partial charge in [-0.2, -0.15) is 0 Å². The molecule has 1 aromatic carbocycles. The average Bonchev–Trinajstić information content (AvgIpc) is 1.94. The Morgan fingerprint density at radius 2 is 2.17 bits per heavy atom. The molecule has 0 heterocycles. The molecule has 0 N–H and O–H groups in total. The van der Waals surface area contributed by atoms with Crippen molar-refractivity contribution in [1.82, 2.24) is 0 Å². The van der Waals surface area contributed by atoms with E-state index in [1.54, 1.807) is 6.92 Å². The topological polar surface area (TPSA) is 17.1 Å². The molecule has 0 fully saturated rings. The van der Waals surface area contributed by atoms with E-state index in [1.165, 1.54) is 5.56 Å². The maximum Gasteiger partial charge on any atom is 0.134 e. The summed E-state index contributed by atoms with van der Waals surface area (Å²) in [6, 6.07) is 5.93. The minimum atomic E-state index is 0.175. The van der Waals surface area contributed by atoms with Crippen LogP contribution in [0.3, 0.4) is 0 Å². The highest BCUT2D eigenvalue weighted by molar-refractivity contribution is 7.80. The summed E-state index contributed by atoms with van der Waals surface area (Å²) in [4.78, 5) is 11.7. The summed E-state index contributed by atoms with van der Waals surface area (Å²) >= 11 is 4.29. The van der Waals surface area contributed by atoms with E-state index >= 15 is 0 Å². The van der Waals surface area contributed by atoms with Crippen LogP contribution < -0.4 is 0 Å². The molecule has 64 valence electrons. The summed E-state index contributed by atoms with van der Waals surface area (Å²) < 4.78 is 0. The maximum atomic E-state index is 10.8. The quantitative estimate of drug-likeness (QED) is 0.692. The molecule has 0 spiro atoms. The molecule has 0 amide bonds. The van der Waals surface area contributed by atoms with Crippen LogP contribution in [0.25, 0.3) is 0 Å². The Hall–Kier alpha value is -0.760. The third kappa shape index (κ3) is 2.38. The number of carbonyl (C=O) groups excluding carboxylic acids is 1. The molecular weight excluding hydrogens is 168 g/mol. The van der Waals surface area contributed by atoms with Crippen molar-refractivity contribution in [2.24, 2.45) is 0 Å². The van der Waals surface area contributed by atoms with E-state index in [-0.39, 0.29) is 5.78 Å². The zero-order valence-electron chi connectivity index (χ0n) is 7.29. The van der Waals surface area contributed by atoms with Gasteiger partial charge in [-0.3, -0.25) is 4.79 Å². The van der Waals surface area contributed by atoms with E-state index in [0.29, 0.717) is 6.42 Å². The Balaban J connectivity index is 2.93. The molecule has 0 unspecified atom stereocenters. The number of carbonyl (C=O) groups is 1. The molecule has 0 atom stereocenters. The molecule has 0 aromatic heterocycles. The lowest BCUT2D eigenvalue weighted by Crippen LogP contribution is -1.97. The van der Waals surface area contributed by atoms with Crippen LogP contribution in [0.5, 0.6) is 0 Å². The molecule has 0 aliphatic heterocycles. The van der Waals surface area contributed by atoms with Crippen molar-refractivity contribution >= 4 is 18.4 Å². The fourth-order valence-corrected chi connectivity index (χ4v) is 1.45. The molecule has 1 rings (SSSR count). The first-order chi connectivity index (χ1) is 5.59. The van der Waals surface area contributed by atoms with E-state index in [0.717, 1.165) is 10.5 Å². The van der Waals surface area contributed by atoms with Crippen LogP contribution in [0.1, 0.15) is 18.1 Å². The minimum absolute atomic E-state index is 0.175. The van der Waals surface area contributed by atoms with Crippen molar-refractivity contribution in [1.29, 1.82) is 0 Å². The fraction of sp³-hybridized carbons (Fsp3) is 0.300. The maximum absolute atomic E-state index is 10.8. The summed E-state index contributed by atoms with van der Waals surface area (Å²) in [7, 11) is 0. The van der Waals surface area contributed by atoms with Gasteiger partial charge in [0.25, 0.3) is 0 Å². The summed E-state index contributed by atoms with van der Waals surface area (Å²) in [5.74, 6) is 0.175. The summed E-state index contributed by atoms with van der Waals surface area (Å²) in [5, 5.41) is 0.